The summed E-state index contributed by atoms with van der Waals surface area (Å²) in [6.45, 7) is 0. The second-order valence-corrected chi connectivity index (χ2v) is 4.31. The van der Waals surface area contributed by atoms with Crippen LogP contribution in [0.1, 0.15) is 5.56 Å². The van der Waals surface area contributed by atoms with Gasteiger partial charge in [-0.25, -0.2) is 0 Å². The largest absolute Gasteiger partial charge is 0.504 e. The van der Waals surface area contributed by atoms with Gasteiger partial charge in [0.1, 0.15) is 0 Å². The molecule has 0 bridgehead atoms. The first-order valence-electron chi connectivity index (χ1n) is 4.78. The fraction of sp³-hybridized carbons (Fsp3) is 0. The lowest BCUT2D eigenvalue weighted by Gasteiger charge is -2.02. The topological polar surface area (TPSA) is 78.8 Å². The van der Waals surface area contributed by atoms with Crippen LogP contribution in [0.25, 0.3) is 6.08 Å². The third-order valence-corrected chi connectivity index (χ3v) is 2.86. The Bertz CT molecular complexity index is 608. The minimum atomic E-state index is -0.751. The van der Waals surface area contributed by atoms with Crippen LogP contribution >= 0.6 is 23.2 Å². The highest BCUT2D eigenvalue weighted by molar-refractivity contribution is 6.35. The lowest BCUT2D eigenvalue weighted by atomic mass is 10.2. The first-order valence-corrected chi connectivity index (χ1v) is 5.53. The van der Waals surface area contributed by atoms with E-state index in [-0.39, 0.29) is 5.70 Å². The van der Waals surface area contributed by atoms with Gasteiger partial charge in [-0.1, -0.05) is 29.3 Å². The normalized spacial score (nSPS) is 17.2. The van der Waals surface area contributed by atoms with Crippen LogP contribution in [0.15, 0.2) is 40.5 Å². The Hall–Kier alpha value is -1.85. The molecule has 0 spiro atoms. The number of aliphatic hydroxyl groups excluding tert-OH is 1. The molecule has 1 heterocycles. The van der Waals surface area contributed by atoms with Crippen LogP contribution in [0, 0.1) is 4.91 Å². The number of amides is 1. The van der Waals surface area contributed by atoms with Crippen molar-refractivity contribution in [3.8, 4) is 0 Å². The van der Waals surface area contributed by atoms with Gasteiger partial charge in [-0.2, -0.15) is 0 Å². The van der Waals surface area contributed by atoms with Gasteiger partial charge in [0.05, 0.1) is 5.70 Å². The van der Waals surface area contributed by atoms with Gasteiger partial charge in [0.15, 0.2) is 5.76 Å². The van der Waals surface area contributed by atoms with E-state index < -0.39 is 17.4 Å². The molecular weight excluding hydrogens is 279 g/mol. The highest BCUT2D eigenvalue weighted by Gasteiger charge is 2.28. The van der Waals surface area contributed by atoms with Gasteiger partial charge in [0.2, 0.25) is 5.70 Å². The van der Waals surface area contributed by atoms with Crippen LogP contribution < -0.4 is 5.32 Å². The molecule has 0 aliphatic carbocycles. The zero-order chi connectivity index (χ0) is 13.3. The molecule has 0 saturated carbocycles. The number of carbonyl (C=O) groups is 1. The zero-order valence-corrected chi connectivity index (χ0v) is 10.3. The molecule has 18 heavy (non-hydrogen) atoms. The van der Waals surface area contributed by atoms with E-state index in [1.807, 2.05) is 0 Å². The van der Waals surface area contributed by atoms with Crippen molar-refractivity contribution in [2.75, 3.05) is 0 Å². The molecule has 1 aromatic rings. The first kappa shape index (κ1) is 12.6. The number of aliphatic hydroxyl groups is 1. The number of nitroso groups, excluding NO2 is 1. The average Bonchev–Trinajstić information content (AvgIpc) is 2.58. The van der Waals surface area contributed by atoms with E-state index in [4.69, 9.17) is 23.2 Å². The highest BCUT2D eigenvalue weighted by Crippen LogP contribution is 2.26. The Kier molecular flexibility index (Phi) is 3.36. The number of carbonyl (C=O) groups excluding carboxylic acids is 1. The molecule has 1 aliphatic heterocycles. The summed E-state index contributed by atoms with van der Waals surface area (Å²) < 4.78 is 0. The lowest BCUT2D eigenvalue weighted by Crippen LogP contribution is -2.15. The number of rotatable bonds is 2. The van der Waals surface area contributed by atoms with Crippen LogP contribution in [0.3, 0.4) is 0 Å². The van der Waals surface area contributed by atoms with Crippen LogP contribution in [-0.2, 0) is 4.79 Å². The highest BCUT2D eigenvalue weighted by atomic mass is 35.5. The number of halogens is 2. The Morgan fingerprint density at radius 2 is 2.06 bits per heavy atom. The summed E-state index contributed by atoms with van der Waals surface area (Å²) in [6.07, 6.45) is 1.42. The quantitative estimate of drug-likeness (QED) is 0.820. The third-order valence-electron chi connectivity index (χ3n) is 2.30. The van der Waals surface area contributed by atoms with Gasteiger partial charge in [0.25, 0.3) is 5.91 Å². The smallest absolute Gasteiger partial charge is 0.281 e. The molecule has 1 amide bonds. The fourth-order valence-electron chi connectivity index (χ4n) is 1.44. The maximum absolute atomic E-state index is 11.2. The molecule has 92 valence electrons. The van der Waals surface area contributed by atoms with Gasteiger partial charge in [0, 0.05) is 10.0 Å². The average molecular weight is 285 g/mol. The SMILES string of the molecule is O=NC1=C(O)C(=Cc2ccc(Cl)cc2Cl)NC1=O. The molecule has 0 unspecified atom stereocenters. The van der Waals surface area contributed by atoms with Gasteiger partial charge < -0.3 is 10.4 Å². The standard InChI is InChI=1S/C11H6Cl2N2O3/c12-6-2-1-5(7(13)4-6)3-8-10(16)9(15-18)11(17)14-8/h1-4,16H,(H,14,17). The third kappa shape index (κ3) is 2.23. The first-order chi connectivity index (χ1) is 8.52. The van der Waals surface area contributed by atoms with E-state index in [2.05, 4.69) is 10.5 Å². The molecule has 0 saturated heterocycles. The van der Waals surface area contributed by atoms with Gasteiger partial charge >= 0.3 is 0 Å². The molecule has 2 rings (SSSR count). The zero-order valence-electron chi connectivity index (χ0n) is 8.78. The molecule has 0 radical (unpaired) electrons. The molecular formula is C11H6Cl2N2O3. The molecule has 0 aromatic heterocycles. The summed E-state index contributed by atoms with van der Waals surface area (Å²) in [5.41, 5.74) is 0.0558. The minimum absolute atomic E-state index is 0.0684. The van der Waals surface area contributed by atoms with Crippen molar-refractivity contribution in [1.82, 2.24) is 5.32 Å². The Morgan fingerprint density at radius 3 is 2.61 bits per heavy atom. The summed E-state index contributed by atoms with van der Waals surface area (Å²) >= 11 is 11.7. The van der Waals surface area contributed by atoms with Crippen molar-refractivity contribution in [3.05, 3.63) is 55.9 Å². The van der Waals surface area contributed by atoms with E-state index in [1.165, 1.54) is 12.1 Å². The van der Waals surface area contributed by atoms with E-state index in [0.29, 0.717) is 15.6 Å². The monoisotopic (exact) mass is 284 g/mol. The van der Waals surface area contributed by atoms with Crippen LogP contribution in [0.4, 0.5) is 0 Å². The van der Waals surface area contributed by atoms with E-state index in [1.54, 1.807) is 12.1 Å². The van der Waals surface area contributed by atoms with Gasteiger partial charge in [-0.3, -0.25) is 4.79 Å². The van der Waals surface area contributed by atoms with Crippen molar-refractivity contribution < 1.29 is 9.90 Å². The summed E-state index contributed by atoms with van der Waals surface area (Å²) in [6, 6.07) is 4.74. The number of nitrogens with zero attached hydrogens (tertiary/aromatic N) is 1. The van der Waals surface area contributed by atoms with Gasteiger partial charge in [-0.05, 0) is 28.9 Å². The molecule has 5 nitrogen and oxygen atoms in total. The van der Waals surface area contributed by atoms with E-state index in [9.17, 15) is 14.8 Å². The second-order valence-electron chi connectivity index (χ2n) is 3.47. The fourth-order valence-corrected chi connectivity index (χ4v) is 1.90. The predicted octanol–water partition coefficient (Wildman–Crippen LogP) is 3.00. The molecule has 0 fully saturated rings. The number of hydrogen-bond donors (Lipinski definition) is 2. The number of hydrogen-bond acceptors (Lipinski definition) is 4. The number of nitrogens with one attached hydrogen (secondary N) is 1. The maximum atomic E-state index is 11.2. The van der Waals surface area contributed by atoms with Crippen molar-refractivity contribution in [1.29, 1.82) is 0 Å². The predicted molar refractivity (Wildman–Crippen MR) is 68.0 cm³/mol. The van der Waals surface area contributed by atoms with Crippen molar-refractivity contribution in [3.63, 3.8) is 0 Å². The van der Waals surface area contributed by atoms with Crippen LogP contribution in [0.2, 0.25) is 10.0 Å². The van der Waals surface area contributed by atoms with Gasteiger partial charge in [-0.15, -0.1) is 4.91 Å². The minimum Gasteiger partial charge on any atom is -0.504 e. The van der Waals surface area contributed by atoms with Crippen molar-refractivity contribution in [2.24, 2.45) is 5.18 Å². The van der Waals surface area contributed by atoms with E-state index in [0.717, 1.165) is 0 Å². The number of benzene rings is 1. The Balaban J connectivity index is 2.44. The molecule has 1 aromatic carbocycles. The summed E-state index contributed by atoms with van der Waals surface area (Å²) in [7, 11) is 0. The van der Waals surface area contributed by atoms with Crippen LogP contribution in [-0.4, -0.2) is 11.0 Å². The molecule has 2 N–H and O–H groups in total. The maximum Gasteiger partial charge on any atom is 0.281 e. The Morgan fingerprint density at radius 1 is 1.33 bits per heavy atom. The second kappa shape index (κ2) is 4.80. The molecule has 7 heteroatoms. The summed E-state index contributed by atoms with van der Waals surface area (Å²) in [5.74, 6) is -1.25. The van der Waals surface area contributed by atoms with Crippen LogP contribution in [0.5, 0.6) is 0 Å². The molecule has 1 aliphatic rings. The molecule has 0 atom stereocenters. The summed E-state index contributed by atoms with van der Waals surface area (Å²) in [4.78, 5) is 21.6. The van der Waals surface area contributed by atoms with Crippen molar-refractivity contribution in [2.45, 2.75) is 0 Å². The van der Waals surface area contributed by atoms with Crippen molar-refractivity contribution >= 4 is 35.2 Å². The summed E-state index contributed by atoms with van der Waals surface area (Å²) in [5, 5.41) is 15.2. The Labute approximate surface area is 112 Å². The van der Waals surface area contributed by atoms with E-state index >= 15 is 0 Å². The lowest BCUT2D eigenvalue weighted by molar-refractivity contribution is -0.116.